The molecule has 0 saturated heterocycles. The van der Waals surface area contributed by atoms with Crippen LogP contribution in [0, 0.1) is 0 Å². The van der Waals surface area contributed by atoms with Gasteiger partial charge >= 0.3 is 0 Å². The molecular weight excluding hydrogens is 218 g/mol. The van der Waals surface area contributed by atoms with Crippen LogP contribution in [-0.4, -0.2) is 6.54 Å². The van der Waals surface area contributed by atoms with Crippen molar-refractivity contribution in [3.8, 4) is 0 Å². The third-order valence-electron chi connectivity index (χ3n) is 2.99. The second-order valence-electron chi connectivity index (χ2n) is 5.46. The van der Waals surface area contributed by atoms with Crippen LogP contribution in [0.25, 0.3) is 0 Å². The summed E-state index contributed by atoms with van der Waals surface area (Å²) >= 11 is 6.24. The van der Waals surface area contributed by atoms with Crippen LogP contribution >= 0.6 is 11.6 Å². The molecule has 16 heavy (non-hydrogen) atoms. The second kappa shape index (κ2) is 5.20. The molecule has 1 nitrogen and oxygen atoms in total. The number of halogens is 1. The first-order valence-electron chi connectivity index (χ1n) is 5.86. The lowest BCUT2D eigenvalue weighted by Gasteiger charge is -2.22. The first-order chi connectivity index (χ1) is 7.36. The molecule has 1 unspecified atom stereocenters. The van der Waals surface area contributed by atoms with Crippen LogP contribution in [0.5, 0.6) is 0 Å². The highest BCUT2D eigenvalue weighted by Crippen LogP contribution is 2.31. The Hall–Kier alpha value is -0.530. The molecule has 0 bridgehead atoms. The highest BCUT2D eigenvalue weighted by molar-refractivity contribution is 6.31. The summed E-state index contributed by atoms with van der Waals surface area (Å²) in [6.07, 6.45) is 0.979. The average Bonchev–Trinajstić information content (AvgIpc) is 2.16. The third kappa shape index (κ3) is 3.23. The lowest BCUT2D eigenvalue weighted by molar-refractivity contribution is 0.587. The highest BCUT2D eigenvalue weighted by Gasteiger charge is 2.17. The molecule has 0 saturated carbocycles. The zero-order valence-electron chi connectivity index (χ0n) is 10.7. The van der Waals surface area contributed by atoms with E-state index in [0.717, 1.165) is 11.4 Å². The van der Waals surface area contributed by atoms with E-state index in [0.29, 0.717) is 12.5 Å². The summed E-state index contributed by atoms with van der Waals surface area (Å²) in [5, 5.41) is 0.856. The minimum atomic E-state index is 0.168. The van der Waals surface area contributed by atoms with Crippen molar-refractivity contribution in [1.29, 1.82) is 0 Å². The molecule has 2 N–H and O–H groups in total. The summed E-state index contributed by atoms with van der Waals surface area (Å²) in [5.41, 5.74) is 8.32. The van der Waals surface area contributed by atoms with Crippen LogP contribution in [-0.2, 0) is 5.41 Å². The van der Waals surface area contributed by atoms with Crippen molar-refractivity contribution in [2.75, 3.05) is 6.54 Å². The van der Waals surface area contributed by atoms with E-state index in [2.05, 4.69) is 39.8 Å². The predicted molar refractivity (Wildman–Crippen MR) is 72.2 cm³/mol. The Morgan fingerprint density at radius 3 is 2.44 bits per heavy atom. The van der Waals surface area contributed by atoms with Gasteiger partial charge in [0.05, 0.1) is 0 Å². The Labute approximate surface area is 104 Å². The van der Waals surface area contributed by atoms with Gasteiger partial charge in [-0.05, 0) is 41.5 Å². The van der Waals surface area contributed by atoms with E-state index in [1.165, 1.54) is 11.1 Å². The molecule has 0 fully saturated rings. The van der Waals surface area contributed by atoms with Gasteiger partial charge in [-0.1, -0.05) is 51.4 Å². The molecule has 90 valence electrons. The van der Waals surface area contributed by atoms with Crippen LogP contribution in [0.4, 0.5) is 0 Å². The molecule has 0 amide bonds. The maximum absolute atomic E-state index is 6.24. The molecule has 0 radical (unpaired) electrons. The van der Waals surface area contributed by atoms with Gasteiger partial charge in [0.1, 0.15) is 0 Å². The number of hydrogen-bond donors (Lipinski definition) is 1. The molecule has 1 aromatic carbocycles. The molecular formula is C14H22ClN. The standard InChI is InChI=1S/C14H22ClN/c1-10(7-8-16)12-9-11(14(2,3)4)5-6-13(12)15/h5-6,9-10H,7-8,16H2,1-4H3. The van der Waals surface area contributed by atoms with Gasteiger partial charge in [-0.2, -0.15) is 0 Å². The van der Waals surface area contributed by atoms with Crippen molar-refractivity contribution in [2.24, 2.45) is 5.73 Å². The van der Waals surface area contributed by atoms with Crippen molar-refractivity contribution < 1.29 is 0 Å². The van der Waals surface area contributed by atoms with Gasteiger partial charge in [-0.15, -0.1) is 0 Å². The zero-order valence-corrected chi connectivity index (χ0v) is 11.4. The van der Waals surface area contributed by atoms with Crippen molar-refractivity contribution in [2.45, 2.75) is 45.4 Å². The molecule has 1 atom stereocenters. The average molecular weight is 240 g/mol. The molecule has 1 aromatic rings. The van der Waals surface area contributed by atoms with Crippen LogP contribution in [0.2, 0.25) is 5.02 Å². The van der Waals surface area contributed by atoms with Gasteiger partial charge in [0, 0.05) is 5.02 Å². The summed E-state index contributed by atoms with van der Waals surface area (Å²) in [6.45, 7) is 9.53. The largest absolute Gasteiger partial charge is 0.330 e. The summed E-state index contributed by atoms with van der Waals surface area (Å²) in [7, 11) is 0. The maximum atomic E-state index is 6.24. The molecule has 0 spiro atoms. The van der Waals surface area contributed by atoms with Crippen LogP contribution in [0.15, 0.2) is 18.2 Å². The van der Waals surface area contributed by atoms with E-state index in [9.17, 15) is 0 Å². The van der Waals surface area contributed by atoms with Gasteiger partial charge in [-0.3, -0.25) is 0 Å². The Bertz CT molecular complexity index is 352. The second-order valence-corrected chi connectivity index (χ2v) is 5.87. The summed E-state index contributed by atoms with van der Waals surface area (Å²) in [5.74, 6) is 0.430. The van der Waals surface area contributed by atoms with Gasteiger partial charge in [0.15, 0.2) is 0 Å². The fraction of sp³-hybridized carbons (Fsp3) is 0.571. The van der Waals surface area contributed by atoms with Crippen LogP contribution in [0.3, 0.4) is 0 Å². The van der Waals surface area contributed by atoms with Crippen LogP contribution in [0.1, 0.15) is 51.2 Å². The van der Waals surface area contributed by atoms with Gasteiger partial charge in [0.25, 0.3) is 0 Å². The summed E-state index contributed by atoms with van der Waals surface area (Å²) in [6, 6.07) is 6.34. The van der Waals surface area contributed by atoms with E-state index < -0.39 is 0 Å². The fourth-order valence-corrected chi connectivity index (χ4v) is 2.10. The molecule has 0 aliphatic carbocycles. The number of hydrogen-bond acceptors (Lipinski definition) is 1. The zero-order chi connectivity index (χ0) is 12.3. The molecule has 0 aliphatic rings. The fourth-order valence-electron chi connectivity index (χ4n) is 1.79. The Morgan fingerprint density at radius 2 is 1.94 bits per heavy atom. The first-order valence-corrected chi connectivity index (χ1v) is 6.24. The molecule has 0 heterocycles. The topological polar surface area (TPSA) is 26.0 Å². The lowest BCUT2D eigenvalue weighted by Crippen LogP contribution is -2.12. The van der Waals surface area contributed by atoms with Crippen LogP contribution < -0.4 is 5.73 Å². The molecule has 2 heteroatoms. The summed E-state index contributed by atoms with van der Waals surface area (Å²) in [4.78, 5) is 0. The number of benzene rings is 1. The maximum Gasteiger partial charge on any atom is 0.0440 e. The van der Waals surface area contributed by atoms with E-state index in [1.807, 2.05) is 6.07 Å². The number of rotatable bonds is 3. The first kappa shape index (κ1) is 13.5. The number of nitrogens with two attached hydrogens (primary N) is 1. The summed E-state index contributed by atoms with van der Waals surface area (Å²) < 4.78 is 0. The van der Waals surface area contributed by atoms with Gasteiger partial charge in [0.2, 0.25) is 0 Å². The quantitative estimate of drug-likeness (QED) is 0.845. The predicted octanol–water partition coefficient (Wildman–Crippen LogP) is 4.09. The van der Waals surface area contributed by atoms with Crippen molar-refractivity contribution >= 4 is 11.6 Å². The smallest absolute Gasteiger partial charge is 0.0440 e. The van der Waals surface area contributed by atoms with Gasteiger partial charge < -0.3 is 5.73 Å². The monoisotopic (exact) mass is 239 g/mol. The Morgan fingerprint density at radius 1 is 1.31 bits per heavy atom. The van der Waals surface area contributed by atoms with E-state index in [1.54, 1.807) is 0 Å². The Balaban J connectivity index is 3.09. The van der Waals surface area contributed by atoms with Gasteiger partial charge in [-0.25, -0.2) is 0 Å². The third-order valence-corrected chi connectivity index (χ3v) is 3.34. The minimum Gasteiger partial charge on any atom is -0.330 e. The van der Waals surface area contributed by atoms with Crippen molar-refractivity contribution in [3.05, 3.63) is 34.3 Å². The van der Waals surface area contributed by atoms with Crippen molar-refractivity contribution in [1.82, 2.24) is 0 Å². The molecule has 0 aromatic heterocycles. The molecule has 0 aliphatic heterocycles. The van der Waals surface area contributed by atoms with Crippen molar-refractivity contribution in [3.63, 3.8) is 0 Å². The Kier molecular flexibility index (Phi) is 4.40. The normalized spacial score (nSPS) is 13.9. The van der Waals surface area contributed by atoms with E-state index in [-0.39, 0.29) is 5.41 Å². The SMILES string of the molecule is CC(CCN)c1cc(C(C)(C)C)ccc1Cl. The van der Waals surface area contributed by atoms with E-state index in [4.69, 9.17) is 17.3 Å². The minimum absolute atomic E-state index is 0.168. The van der Waals surface area contributed by atoms with E-state index >= 15 is 0 Å². The lowest BCUT2D eigenvalue weighted by atomic mass is 9.84. The highest BCUT2D eigenvalue weighted by atomic mass is 35.5. The molecule has 1 rings (SSSR count).